The molecule has 0 radical (unpaired) electrons. The first-order valence-corrected chi connectivity index (χ1v) is 8.27. The maximum absolute atomic E-state index is 14.3. The molecular formula is C20H22F2N2O2. The molecule has 0 unspecified atom stereocenters. The van der Waals surface area contributed by atoms with Crippen molar-refractivity contribution in [1.29, 1.82) is 0 Å². The van der Waals surface area contributed by atoms with Gasteiger partial charge in [-0.25, -0.2) is 4.99 Å². The van der Waals surface area contributed by atoms with Gasteiger partial charge in [0.2, 0.25) is 0 Å². The summed E-state index contributed by atoms with van der Waals surface area (Å²) >= 11 is 0. The number of rotatable bonds is 7. The molecule has 26 heavy (non-hydrogen) atoms. The Labute approximate surface area is 152 Å². The number of aliphatic imine (C=N–C) groups is 1. The molecule has 2 rings (SSSR count). The van der Waals surface area contributed by atoms with Crippen LogP contribution in [0, 0.1) is 13.8 Å². The zero-order chi connectivity index (χ0) is 19.3. The summed E-state index contributed by atoms with van der Waals surface area (Å²) in [6.45, 7) is 6.11. The molecule has 6 heteroatoms. The van der Waals surface area contributed by atoms with E-state index in [4.69, 9.17) is 0 Å². The van der Waals surface area contributed by atoms with Gasteiger partial charge in [0.15, 0.2) is 0 Å². The van der Waals surface area contributed by atoms with Crippen LogP contribution in [-0.2, 0) is 0 Å². The van der Waals surface area contributed by atoms with Crippen LogP contribution in [0.15, 0.2) is 47.5 Å². The summed E-state index contributed by atoms with van der Waals surface area (Å²) < 4.78 is 33.2. The molecule has 0 aliphatic heterocycles. The van der Waals surface area contributed by atoms with E-state index in [1.807, 2.05) is 18.9 Å². The van der Waals surface area contributed by atoms with Gasteiger partial charge in [0.05, 0.1) is 12.0 Å². The van der Waals surface area contributed by atoms with Crippen molar-refractivity contribution in [2.24, 2.45) is 4.99 Å². The average molecular weight is 360 g/mol. The van der Waals surface area contributed by atoms with Crippen LogP contribution in [0.3, 0.4) is 0 Å². The molecule has 0 amide bonds. The quantitative estimate of drug-likeness (QED) is 0.406. The average Bonchev–Trinajstić information content (AvgIpc) is 2.61. The van der Waals surface area contributed by atoms with E-state index < -0.39 is 11.9 Å². The molecule has 0 saturated carbocycles. The van der Waals surface area contributed by atoms with Gasteiger partial charge in [-0.05, 0) is 56.2 Å². The Balaban J connectivity index is 2.28. The topological polar surface area (TPSA) is 41.9 Å². The minimum atomic E-state index is -3.95. The monoisotopic (exact) mass is 360 g/mol. The highest BCUT2D eigenvalue weighted by molar-refractivity contribution is 6.02. The van der Waals surface area contributed by atoms with Crippen LogP contribution in [0.1, 0.15) is 28.4 Å². The standard InChI is InChI=1S/C20H22F2N2O2/c1-5-24(4)13-23-18-12-14(2)17(11-15(18)3)19(25)20(21,22)26-16-9-7-6-8-10-16/h6-13H,5H2,1-4H3/b23-13-. The van der Waals surface area contributed by atoms with Crippen molar-refractivity contribution in [2.75, 3.05) is 13.6 Å². The van der Waals surface area contributed by atoms with Crippen LogP contribution in [0.4, 0.5) is 14.5 Å². The van der Waals surface area contributed by atoms with E-state index in [1.54, 1.807) is 44.5 Å². The minimum Gasteiger partial charge on any atom is -0.426 e. The molecule has 0 spiro atoms. The highest BCUT2D eigenvalue weighted by atomic mass is 19.3. The maximum Gasteiger partial charge on any atom is 0.466 e. The Bertz CT molecular complexity index is 805. The van der Waals surface area contributed by atoms with Crippen LogP contribution in [-0.4, -0.2) is 36.7 Å². The number of para-hydroxylation sites is 1. The van der Waals surface area contributed by atoms with Crippen molar-refractivity contribution in [3.63, 3.8) is 0 Å². The van der Waals surface area contributed by atoms with E-state index in [9.17, 15) is 13.6 Å². The number of ether oxygens (including phenoxy) is 1. The Morgan fingerprint density at radius 2 is 1.85 bits per heavy atom. The van der Waals surface area contributed by atoms with Gasteiger partial charge in [0.1, 0.15) is 5.75 Å². The highest BCUT2D eigenvalue weighted by Crippen LogP contribution is 2.30. The summed E-state index contributed by atoms with van der Waals surface area (Å²) in [6.07, 6.45) is -2.29. The van der Waals surface area contributed by atoms with E-state index >= 15 is 0 Å². The Morgan fingerprint density at radius 3 is 2.46 bits per heavy atom. The number of carbonyl (C=O) groups is 1. The van der Waals surface area contributed by atoms with Crippen molar-refractivity contribution in [3.8, 4) is 5.75 Å². The molecule has 2 aromatic carbocycles. The molecule has 0 saturated heterocycles. The lowest BCUT2D eigenvalue weighted by atomic mass is 10.00. The number of alkyl halides is 2. The summed E-state index contributed by atoms with van der Waals surface area (Å²) in [7, 11) is 1.88. The summed E-state index contributed by atoms with van der Waals surface area (Å²) in [5.41, 5.74) is 1.61. The zero-order valence-corrected chi connectivity index (χ0v) is 15.3. The van der Waals surface area contributed by atoms with Gasteiger partial charge in [-0.1, -0.05) is 18.2 Å². The van der Waals surface area contributed by atoms with Crippen molar-refractivity contribution < 1.29 is 18.3 Å². The largest absolute Gasteiger partial charge is 0.466 e. The first-order valence-electron chi connectivity index (χ1n) is 8.27. The number of halogens is 2. The fraction of sp³-hybridized carbons (Fsp3) is 0.300. The second-order valence-electron chi connectivity index (χ2n) is 6.03. The third kappa shape index (κ3) is 4.65. The van der Waals surface area contributed by atoms with Crippen LogP contribution in [0.5, 0.6) is 5.75 Å². The summed E-state index contributed by atoms with van der Waals surface area (Å²) in [4.78, 5) is 18.6. The van der Waals surface area contributed by atoms with Gasteiger partial charge in [-0.2, -0.15) is 8.78 Å². The first kappa shape index (κ1) is 19.6. The second kappa shape index (κ2) is 8.08. The van der Waals surface area contributed by atoms with Gasteiger partial charge >= 0.3 is 6.11 Å². The van der Waals surface area contributed by atoms with Crippen LogP contribution >= 0.6 is 0 Å². The molecule has 4 nitrogen and oxygen atoms in total. The Hall–Kier alpha value is -2.76. The van der Waals surface area contributed by atoms with Gasteiger partial charge < -0.3 is 9.64 Å². The molecular weight excluding hydrogens is 338 g/mol. The third-order valence-corrected chi connectivity index (χ3v) is 3.93. The molecule has 0 aliphatic rings. The van der Waals surface area contributed by atoms with E-state index in [1.165, 1.54) is 18.2 Å². The number of hydrogen-bond donors (Lipinski definition) is 0. The second-order valence-corrected chi connectivity index (χ2v) is 6.03. The normalized spacial score (nSPS) is 11.6. The summed E-state index contributed by atoms with van der Waals surface area (Å²) in [6, 6.07) is 10.6. The minimum absolute atomic E-state index is 0.0657. The van der Waals surface area contributed by atoms with Gasteiger partial charge in [0, 0.05) is 19.2 Å². The number of ketones is 1. The first-order chi connectivity index (χ1) is 12.2. The van der Waals surface area contributed by atoms with Crippen molar-refractivity contribution >= 4 is 17.8 Å². The number of Topliss-reactive ketones (excluding diaryl/α,β-unsaturated/α-hetero) is 1. The molecule has 0 bridgehead atoms. The molecule has 0 atom stereocenters. The number of aryl methyl sites for hydroxylation is 2. The van der Waals surface area contributed by atoms with E-state index in [0.29, 0.717) is 16.8 Å². The summed E-state index contributed by atoms with van der Waals surface area (Å²) in [5, 5.41) is 0. The molecule has 0 fully saturated rings. The lowest BCUT2D eigenvalue weighted by molar-refractivity contribution is -0.133. The molecule has 0 N–H and O–H groups in total. The Kier molecular flexibility index (Phi) is 6.08. The van der Waals surface area contributed by atoms with Crippen molar-refractivity contribution in [2.45, 2.75) is 26.9 Å². The molecule has 0 heterocycles. The summed E-state index contributed by atoms with van der Waals surface area (Å²) in [5.74, 6) is -1.44. The lowest BCUT2D eigenvalue weighted by Crippen LogP contribution is -2.35. The van der Waals surface area contributed by atoms with Crippen LogP contribution in [0.2, 0.25) is 0 Å². The van der Waals surface area contributed by atoms with Crippen molar-refractivity contribution in [3.05, 3.63) is 59.2 Å². The maximum atomic E-state index is 14.3. The predicted molar refractivity (Wildman–Crippen MR) is 98.7 cm³/mol. The highest BCUT2D eigenvalue weighted by Gasteiger charge is 2.43. The van der Waals surface area contributed by atoms with E-state index in [2.05, 4.69) is 9.73 Å². The van der Waals surface area contributed by atoms with Gasteiger partial charge in [0.25, 0.3) is 5.78 Å². The fourth-order valence-electron chi connectivity index (χ4n) is 2.27. The third-order valence-electron chi connectivity index (χ3n) is 3.93. The zero-order valence-electron chi connectivity index (χ0n) is 15.3. The van der Waals surface area contributed by atoms with E-state index in [0.717, 1.165) is 6.54 Å². The number of nitrogens with zero attached hydrogens (tertiary/aromatic N) is 2. The number of carbonyl (C=O) groups excluding carboxylic acids is 1. The van der Waals surface area contributed by atoms with Crippen LogP contribution < -0.4 is 4.74 Å². The molecule has 138 valence electrons. The van der Waals surface area contributed by atoms with Crippen LogP contribution in [0.25, 0.3) is 0 Å². The molecule has 2 aromatic rings. The van der Waals surface area contributed by atoms with Gasteiger partial charge in [-0.3, -0.25) is 4.79 Å². The molecule has 0 aliphatic carbocycles. The van der Waals surface area contributed by atoms with Crippen molar-refractivity contribution in [1.82, 2.24) is 4.90 Å². The number of hydrogen-bond acceptors (Lipinski definition) is 3. The molecule has 0 aromatic heterocycles. The fourth-order valence-corrected chi connectivity index (χ4v) is 2.27. The van der Waals surface area contributed by atoms with Gasteiger partial charge in [-0.15, -0.1) is 0 Å². The smallest absolute Gasteiger partial charge is 0.426 e. The number of benzene rings is 2. The van der Waals surface area contributed by atoms with E-state index in [-0.39, 0.29) is 11.3 Å². The predicted octanol–water partition coefficient (Wildman–Crippen LogP) is 4.77. The lowest BCUT2D eigenvalue weighted by Gasteiger charge is -2.18. The Morgan fingerprint density at radius 1 is 1.19 bits per heavy atom. The SMILES string of the molecule is CCN(C)/C=N\c1cc(C)c(C(=O)C(F)(F)Oc2ccccc2)cc1C.